The lowest BCUT2D eigenvalue weighted by Gasteiger charge is -2.15. The number of rotatable bonds is 5. The molecule has 0 saturated heterocycles. The second-order valence-corrected chi connectivity index (χ2v) is 3.82. The van der Waals surface area contributed by atoms with Gasteiger partial charge in [-0.25, -0.2) is 0 Å². The Kier molecular flexibility index (Phi) is 4.82. The second kappa shape index (κ2) is 6.13. The Morgan fingerprint density at radius 3 is 2.59 bits per heavy atom. The number of hydrogen-bond donors (Lipinski definition) is 1. The van der Waals surface area contributed by atoms with Gasteiger partial charge in [-0.2, -0.15) is 0 Å². The molecule has 0 saturated carbocycles. The van der Waals surface area contributed by atoms with Gasteiger partial charge < -0.3 is 14.8 Å². The van der Waals surface area contributed by atoms with Crippen LogP contribution in [-0.4, -0.2) is 26.2 Å². The van der Waals surface area contributed by atoms with Crippen molar-refractivity contribution < 1.29 is 14.3 Å². The third-order valence-corrected chi connectivity index (χ3v) is 2.64. The molecule has 0 aliphatic rings. The predicted octanol–water partition coefficient (Wildman–Crippen LogP) is 2.23. The summed E-state index contributed by atoms with van der Waals surface area (Å²) < 4.78 is 10.4. The second-order valence-electron chi connectivity index (χ2n) is 3.82. The molecule has 1 atom stereocenters. The predicted molar refractivity (Wildman–Crippen MR) is 66.8 cm³/mol. The number of hydrogen-bond acceptors (Lipinski definition) is 3. The van der Waals surface area contributed by atoms with Crippen LogP contribution in [0.3, 0.4) is 0 Å². The standard InChI is InChI=1S/C13H19NO3/c1-5-9(2)14-13(15)10-7-6-8-11(16-3)12(10)17-4/h6-9H,5H2,1-4H3,(H,14,15)/t9-/m0/s1. The molecule has 4 heteroatoms. The van der Waals surface area contributed by atoms with Crippen LogP contribution in [0.2, 0.25) is 0 Å². The summed E-state index contributed by atoms with van der Waals surface area (Å²) in [5, 5.41) is 2.90. The van der Waals surface area contributed by atoms with Crippen molar-refractivity contribution in [1.29, 1.82) is 0 Å². The average molecular weight is 237 g/mol. The van der Waals surface area contributed by atoms with Gasteiger partial charge in [0.15, 0.2) is 11.5 Å². The average Bonchev–Trinajstić information content (AvgIpc) is 2.37. The number of carbonyl (C=O) groups excluding carboxylic acids is 1. The number of para-hydroxylation sites is 1. The van der Waals surface area contributed by atoms with Crippen LogP contribution in [0.4, 0.5) is 0 Å². The van der Waals surface area contributed by atoms with E-state index in [1.165, 1.54) is 7.11 Å². The first-order valence-electron chi connectivity index (χ1n) is 5.65. The third-order valence-electron chi connectivity index (χ3n) is 2.64. The van der Waals surface area contributed by atoms with E-state index >= 15 is 0 Å². The SMILES string of the molecule is CC[C@H](C)NC(=O)c1cccc(OC)c1OC. The van der Waals surface area contributed by atoms with E-state index in [-0.39, 0.29) is 11.9 Å². The zero-order chi connectivity index (χ0) is 12.8. The first-order valence-corrected chi connectivity index (χ1v) is 5.65. The summed E-state index contributed by atoms with van der Waals surface area (Å²) in [6, 6.07) is 5.39. The van der Waals surface area contributed by atoms with Crippen molar-refractivity contribution in [2.24, 2.45) is 0 Å². The van der Waals surface area contributed by atoms with Crippen LogP contribution in [0.15, 0.2) is 18.2 Å². The quantitative estimate of drug-likeness (QED) is 0.854. The van der Waals surface area contributed by atoms with Crippen molar-refractivity contribution in [2.45, 2.75) is 26.3 Å². The smallest absolute Gasteiger partial charge is 0.255 e. The first kappa shape index (κ1) is 13.4. The Hall–Kier alpha value is -1.71. The normalized spacial score (nSPS) is 11.8. The fraction of sp³-hybridized carbons (Fsp3) is 0.462. The highest BCUT2D eigenvalue weighted by Crippen LogP contribution is 2.30. The number of amides is 1. The van der Waals surface area contributed by atoms with E-state index in [1.807, 2.05) is 13.8 Å². The van der Waals surface area contributed by atoms with Crippen LogP contribution in [-0.2, 0) is 0 Å². The molecule has 4 nitrogen and oxygen atoms in total. The van der Waals surface area contributed by atoms with Crippen LogP contribution >= 0.6 is 0 Å². The maximum absolute atomic E-state index is 12.0. The molecule has 0 spiro atoms. The van der Waals surface area contributed by atoms with Crippen molar-refractivity contribution in [3.63, 3.8) is 0 Å². The van der Waals surface area contributed by atoms with Gasteiger partial charge in [-0.1, -0.05) is 13.0 Å². The van der Waals surface area contributed by atoms with Crippen LogP contribution in [0.5, 0.6) is 11.5 Å². The summed E-state index contributed by atoms with van der Waals surface area (Å²) in [7, 11) is 3.08. The lowest BCUT2D eigenvalue weighted by molar-refractivity contribution is 0.0935. The summed E-state index contributed by atoms with van der Waals surface area (Å²) in [5.74, 6) is 0.884. The fourth-order valence-corrected chi connectivity index (χ4v) is 1.47. The summed E-state index contributed by atoms with van der Waals surface area (Å²) >= 11 is 0. The number of methoxy groups -OCH3 is 2. The maximum atomic E-state index is 12.0. The first-order chi connectivity index (χ1) is 8.13. The molecular formula is C13H19NO3. The van der Waals surface area contributed by atoms with Gasteiger partial charge in [-0.05, 0) is 25.5 Å². The Morgan fingerprint density at radius 1 is 1.35 bits per heavy atom. The van der Waals surface area contributed by atoms with Crippen LogP contribution in [0.25, 0.3) is 0 Å². The minimum absolute atomic E-state index is 0.137. The monoisotopic (exact) mass is 237 g/mol. The Morgan fingerprint density at radius 2 is 2.06 bits per heavy atom. The molecule has 1 N–H and O–H groups in total. The molecule has 0 heterocycles. The molecule has 94 valence electrons. The van der Waals surface area contributed by atoms with Gasteiger partial charge in [-0.15, -0.1) is 0 Å². The molecule has 0 aromatic heterocycles. The molecule has 1 rings (SSSR count). The molecule has 1 amide bonds. The third kappa shape index (κ3) is 3.12. The van der Waals surface area contributed by atoms with E-state index in [0.717, 1.165) is 6.42 Å². The molecule has 1 aromatic carbocycles. The van der Waals surface area contributed by atoms with Crippen molar-refractivity contribution in [3.05, 3.63) is 23.8 Å². The van der Waals surface area contributed by atoms with Crippen molar-refractivity contribution >= 4 is 5.91 Å². The zero-order valence-electron chi connectivity index (χ0n) is 10.7. The molecule has 0 bridgehead atoms. The summed E-state index contributed by atoms with van der Waals surface area (Å²) in [6.07, 6.45) is 0.887. The highest BCUT2D eigenvalue weighted by atomic mass is 16.5. The maximum Gasteiger partial charge on any atom is 0.255 e. The highest BCUT2D eigenvalue weighted by molar-refractivity contribution is 5.97. The van der Waals surface area contributed by atoms with Crippen molar-refractivity contribution in [3.8, 4) is 11.5 Å². The molecule has 0 aliphatic carbocycles. The summed E-state index contributed by atoms with van der Waals surface area (Å²) in [5.41, 5.74) is 0.493. The van der Waals surface area contributed by atoms with E-state index < -0.39 is 0 Å². The zero-order valence-corrected chi connectivity index (χ0v) is 10.7. The fourth-order valence-electron chi connectivity index (χ4n) is 1.47. The van der Waals surface area contributed by atoms with E-state index in [2.05, 4.69) is 5.32 Å². The van der Waals surface area contributed by atoms with E-state index in [9.17, 15) is 4.79 Å². The minimum Gasteiger partial charge on any atom is -0.493 e. The number of ether oxygens (including phenoxy) is 2. The number of carbonyl (C=O) groups is 1. The summed E-state index contributed by atoms with van der Waals surface area (Å²) in [4.78, 5) is 12.0. The van der Waals surface area contributed by atoms with Crippen LogP contribution < -0.4 is 14.8 Å². The van der Waals surface area contributed by atoms with E-state index in [0.29, 0.717) is 17.1 Å². The lowest BCUT2D eigenvalue weighted by atomic mass is 10.1. The topological polar surface area (TPSA) is 47.6 Å². The minimum atomic E-state index is -0.143. The Labute approximate surface area is 102 Å². The molecule has 1 aromatic rings. The van der Waals surface area contributed by atoms with Gasteiger partial charge in [0.2, 0.25) is 0 Å². The Balaban J connectivity index is 3.00. The lowest BCUT2D eigenvalue weighted by Crippen LogP contribution is -2.32. The molecule has 0 unspecified atom stereocenters. The largest absolute Gasteiger partial charge is 0.493 e. The Bertz CT molecular complexity index is 390. The van der Waals surface area contributed by atoms with Gasteiger partial charge in [0, 0.05) is 6.04 Å². The van der Waals surface area contributed by atoms with Gasteiger partial charge in [0.05, 0.1) is 19.8 Å². The van der Waals surface area contributed by atoms with E-state index in [1.54, 1.807) is 25.3 Å². The van der Waals surface area contributed by atoms with Gasteiger partial charge in [0.1, 0.15) is 0 Å². The molecule has 0 radical (unpaired) electrons. The van der Waals surface area contributed by atoms with Crippen molar-refractivity contribution in [1.82, 2.24) is 5.32 Å². The van der Waals surface area contributed by atoms with Gasteiger partial charge in [0.25, 0.3) is 5.91 Å². The van der Waals surface area contributed by atoms with Crippen LogP contribution in [0.1, 0.15) is 30.6 Å². The highest BCUT2D eigenvalue weighted by Gasteiger charge is 2.17. The molecule has 17 heavy (non-hydrogen) atoms. The molecular weight excluding hydrogens is 218 g/mol. The number of benzene rings is 1. The van der Waals surface area contributed by atoms with E-state index in [4.69, 9.17) is 9.47 Å². The molecule has 0 fully saturated rings. The van der Waals surface area contributed by atoms with Crippen molar-refractivity contribution in [2.75, 3.05) is 14.2 Å². The molecule has 0 aliphatic heterocycles. The number of nitrogens with one attached hydrogen (secondary N) is 1. The van der Waals surface area contributed by atoms with Gasteiger partial charge in [-0.3, -0.25) is 4.79 Å². The summed E-state index contributed by atoms with van der Waals surface area (Å²) in [6.45, 7) is 3.98. The van der Waals surface area contributed by atoms with Crippen LogP contribution in [0, 0.1) is 0 Å². The van der Waals surface area contributed by atoms with Gasteiger partial charge >= 0.3 is 0 Å².